The zero-order chi connectivity index (χ0) is 15.7. The lowest BCUT2D eigenvalue weighted by Crippen LogP contribution is -2.14. The molecule has 0 amide bonds. The second kappa shape index (κ2) is 5.30. The number of ether oxygens (including phenoxy) is 1. The van der Waals surface area contributed by atoms with Crippen molar-refractivity contribution >= 4 is 26.9 Å². The van der Waals surface area contributed by atoms with E-state index in [9.17, 15) is 8.42 Å². The molecule has 1 aromatic carbocycles. The molecule has 7 nitrogen and oxygen atoms in total. The highest BCUT2D eigenvalue weighted by Gasteiger charge is 2.22. The summed E-state index contributed by atoms with van der Waals surface area (Å²) in [6.07, 6.45) is 1.60. The molecule has 0 radical (unpaired) electrons. The van der Waals surface area contributed by atoms with Crippen LogP contribution < -0.4 is 9.46 Å². The molecule has 22 heavy (non-hydrogen) atoms. The minimum Gasteiger partial charge on any atom is -0.495 e. The van der Waals surface area contributed by atoms with Crippen LogP contribution in [0.25, 0.3) is 11.0 Å². The van der Waals surface area contributed by atoms with E-state index in [0.717, 1.165) is 5.56 Å². The first kappa shape index (κ1) is 14.3. The van der Waals surface area contributed by atoms with Gasteiger partial charge in [0.1, 0.15) is 10.6 Å². The minimum atomic E-state index is -3.83. The predicted octanol–water partition coefficient (Wildman–Crippen LogP) is 2.08. The number of methoxy groups -OCH3 is 1. The molecule has 2 heterocycles. The highest BCUT2D eigenvalue weighted by atomic mass is 32.2. The van der Waals surface area contributed by atoms with Gasteiger partial charge in [-0.15, -0.1) is 0 Å². The molecule has 114 valence electrons. The first-order chi connectivity index (χ1) is 10.5. The molecule has 2 aromatic heterocycles. The van der Waals surface area contributed by atoms with E-state index in [2.05, 4.69) is 19.9 Å². The summed E-state index contributed by atoms with van der Waals surface area (Å²) >= 11 is 0. The normalized spacial score (nSPS) is 11.5. The molecule has 0 spiro atoms. The van der Waals surface area contributed by atoms with Crippen LogP contribution in [-0.4, -0.2) is 30.7 Å². The van der Waals surface area contributed by atoms with Crippen LogP contribution in [0.3, 0.4) is 0 Å². The number of H-pyrrole nitrogens is 1. The van der Waals surface area contributed by atoms with Gasteiger partial charge in [-0.05, 0) is 36.8 Å². The van der Waals surface area contributed by atoms with E-state index in [4.69, 9.17) is 4.74 Å². The number of rotatable bonds is 4. The van der Waals surface area contributed by atoms with Crippen molar-refractivity contribution in [1.82, 2.24) is 15.2 Å². The Morgan fingerprint density at radius 1 is 1.27 bits per heavy atom. The van der Waals surface area contributed by atoms with Gasteiger partial charge < -0.3 is 4.74 Å². The molecule has 0 aliphatic rings. The van der Waals surface area contributed by atoms with Gasteiger partial charge in [0.05, 0.1) is 12.5 Å². The van der Waals surface area contributed by atoms with Gasteiger partial charge in [-0.1, -0.05) is 6.07 Å². The van der Waals surface area contributed by atoms with E-state index >= 15 is 0 Å². The molecule has 2 N–H and O–H groups in total. The van der Waals surface area contributed by atoms with Crippen molar-refractivity contribution in [1.29, 1.82) is 0 Å². The SMILES string of the molecule is COc1ccc(C)cc1S(=O)(=O)Nc1n[nH]c2ncccc12. The van der Waals surface area contributed by atoms with Crippen molar-refractivity contribution in [3.05, 3.63) is 42.1 Å². The van der Waals surface area contributed by atoms with Crippen LogP contribution in [0, 0.1) is 6.92 Å². The van der Waals surface area contributed by atoms with Crippen LogP contribution in [0.15, 0.2) is 41.4 Å². The third-order valence-corrected chi connectivity index (χ3v) is 4.54. The number of aromatic amines is 1. The van der Waals surface area contributed by atoms with E-state index in [1.807, 2.05) is 6.92 Å². The van der Waals surface area contributed by atoms with Crippen LogP contribution >= 0.6 is 0 Å². The maximum Gasteiger partial charge on any atom is 0.266 e. The second-order valence-corrected chi connectivity index (χ2v) is 6.38. The summed E-state index contributed by atoms with van der Waals surface area (Å²) in [7, 11) is -2.40. The van der Waals surface area contributed by atoms with Crippen molar-refractivity contribution in [2.45, 2.75) is 11.8 Å². The number of aromatic nitrogens is 3. The van der Waals surface area contributed by atoms with Gasteiger partial charge in [0, 0.05) is 6.20 Å². The molecule has 0 bridgehead atoms. The zero-order valence-electron chi connectivity index (χ0n) is 12.0. The summed E-state index contributed by atoms with van der Waals surface area (Å²) in [5.74, 6) is 0.475. The minimum absolute atomic E-state index is 0.0649. The monoisotopic (exact) mass is 318 g/mol. The van der Waals surface area contributed by atoms with Gasteiger partial charge in [0.2, 0.25) is 0 Å². The largest absolute Gasteiger partial charge is 0.495 e. The molecule has 0 atom stereocenters. The summed E-state index contributed by atoms with van der Waals surface area (Å²) in [5, 5.41) is 7.24. The van der Waals surface area contributed by atoms with Crippen LogP contribution in [0.1, 0.15) is 5.56 Å². The standard InChI is InChI=1S/C14H14N4O3S/c1-9-5-6-11(21-2)12(8-9)22(19,20)18-14-10-4-3-7-15-13(10)16-17-14/h3-8H,1-2H3,(H2,15,16,17,18). The number of hydrogen-bond donors (Lipinski definition) is 2. The van der Waals surface area contributed by atoms with Gasteiger partial charge in [-0.3, -0.25) is 9.82 Å². The molecule has 3 aromatic rings. The third kappa shape index (κ3) is 2.48. The van der Waals surface area contributed by atoms with Crippen molar-refractivity contribution in [2.75, 3.05) is 11.8 Å². The number of anilines is 1. The average molecular weight is 318 g/mol. The number of hydrogen-bond acceptors (Lipinski definition) is 5. The topological polar surface area (TPSA) is 97.0 Å². The Morgan fingerprint density at radius 2 is 2.09 bits per heavy atom. The molecular weight excluding hydrogens is 304 g/mol. The fraction of sp³-hybridized carbons (Fsp3) is 0.143. The van der Waals surface area contributed by atoms with E-state index in [-0.39, 0.29) is 16.5 Å². The molecule has 3 rings (SSSR count). The Kier molecular flexibility index (Phi) is 3.45. The number of nitrogens with zero attached hydrogens (tertiary/aromatic N) is 2. The Balaban J connectivity index is 2.06. The third-order valence-electron chi connectivity index (χ3n) is 3.18. The lowest BCUT2D eigenvalue weighted by molar-refractivity contribution is 0.402. The molecular formula is C14H14N4O3S. The summed E-state index contributed by atoms with van der Waals surface area (Å²) in [6, 6.07) is 8.40. The molecule has 0 fully saturated rings. The first-order valence-electron chi connectivity index (χ1n) is 6.48. The lowest BCUT2D eigenvalue weighted by Gasteiger charge is -2.11. The average Bonchev–Trinajstić information content (AvgIpc) is 2.90. The first-order valence-corrected chi connectivity index (χ1v) is 7.96. The van der Waals surface area contributed by atoms with Crippen molar-refractivity contribution in [2.24, 2.45) is 0 Å². The molecule has 0 aliphatic carbocycles. The van der Waals surface area contributed by atoms with Gasteiger partial charge in [-0.2, -0.15) is 5.10 Å². The van der Waals surface area contributed by atoms with E-state index in [1.54, 1.807) is 36.5 Å². The Bertz CT molecular complexity index is 934. The summed E-state index contributed by atoms with van der Waals surface area (Å²) in [6.45, 7) is 1.81. The summed E-state index contributed by atoms with van der Waals surface area (Å²) < 4.78 is 32.8. The zero-order valence-corrected chi connectivity index (χ0v) is 12.8. The number of pyridine rings is 1. The number of fused-ring (bicyclic) bond motifs is 1. The highest BCUT2D eigenvalue weighted by Crippen LogP contribution is 2.28. The van der Waals surface area contributed by atoms with Crippen molar-refractivity contribution in [3.8, 4) is 5.75 Å². The molecule has 0 saturated heterocycles. The molecule has 0 unspecified atom stereocenters. The summed E-state index contributed by atoms with van der Waals surface area (Å²) in [4.78, 5) is 4.14. The smallest absolute Gasteiger partial charge is 0.266 e. The van der Waals surface area contributed by atoms with E-state index in [0.29, 0.717) is 11.0 Å². The summed E-state index contributed by atoms with van der Waals surface area (Å²) in [5.41, 5.74) is 1.33. The number of benzene rings is 1. The van der Waals surface area contributed by atoms with Crippen LogP contribution in [0.4, 0.5) is 5.82 Å². The Hall–Kier alpha value is -2.61. The number of sulfonamides is 1. The van der Waals surface area contributed by atoms with Crippen LogP contribution in [0.2, 0.25) is 0 Å². The van der Waals surface area contributed by atoms with Gasteiger partial charge >= 0.3 is 0 Å². The van der Waals surface area contributed by atoms with E-state index < -0.39 is 10.0 Å². The van der Waals surface area contributed by atoms with E-state index in [1.165, 1.54) is 7.11 Å². The number of nitrogens with one attached hydrogen (secondary N) is 2. The lowest BCUT2D eigenvalue weighted by atomic mass is 10.2. The van der Waals surface area contributed by atoms with Gasteiger partial charge in [0.25, 0.3) is 10.0 Å². The maximum absolute atomic E-state index is 12.6. The Morgan fingerprint density at radius 3 is 2.86 bits per heavy atom. The highest BCUT2D eigenvalue weighted by molar-refractivity contribution is 7.92. The van der Waals surface area contributed by atoms with Gasteiger partial charge in [0.15, 0.2) is 11.5 Å². The molecule has 8 heteroatoms. The van der Waals surface area contributed by atoms with Crippen LogP contribution in [0.5, 0.6) is 5.75 Å². The molecule has 0 aliphatic heterocycles. The second-order valence-electron chi connectivity index (χ2n) is 4.73. The fourth-order valence-electron chi connectivity index (χ4n) is 2.11. The van der Waals surface area contributed by atoms with Gasteiger partial charge in [-0.25, -0.2) is 13.4 Å². The fourth-order valence-corrected chi connectivity index (χ4v) is 3.39. The maximum atomic E-state index is 12.6. The Labute approximate surface area is 127 Å². The number of aryl methyl sites for hydroxylation is 1. The van der Waals surface area contributed by atoms with Crippen molar-refractivity contribution < 1.29 is 13.2 Å². The van der Waals surface area contributed by atoms with Crippen molar-refractivity contribution in [3.63, 3.8) is 0 Å². The quantitative estimate of drug-likeness (QED) is 0.767. The molecule has 0 saturated carbocycles. The van der Waals surface area contributed by atoms with Crippen LogP contribution in [-0.2, 0) is 10.0 Å². The predicted molar refractivity (Wildman–Crippen MR) is 82.4 cm³/mol.